The summed E-state index contributed by atoms with van der Waals surface area (Å²) >= 11 is 17.7. The molecule has 0 aliphatic carbocycles. The lowest BCUT2D eigenvalue weighted by molar-refractivity contribution is 0.297. The van der Waals surface area contributed by atoms with Crippen LogP contribution in [0.3, 0.4) is 0 Å². The summed E-state index contributed by atoms with van der Waals surface area (Å²) in [7, 11) is 0. The molecule has 1 aromatic carbocycles. The topological polar surface area (TPSA) is 76.8 Å². The van der Waals surface area contributed by atoms with Gasteiger partial charge in [0, 0.05) is 5.02 Å². The number of halogens is 3. The normalized spacial score (nSPS) is 10.5. The van der Waals surface area contributed by atoms with Gasteiger partial charge in [0.05, 0.1) is 10.0 Å². The van der Waals surface area contributed by atoms with Crippen LogP contribution in [0, 0.1) is 0 Å². The maximum absolute atomic E-state index is 5.94. The number of benzene rings is 1. The van der Waals surface area contributed by atoms with Crippen molar-refractivity contribution in [2.75, 3.05) is 5.73 Å². The highest BCUT2D eigenvalue weighted by atomic mass is 35.5. The van der Waals surface area contributed by atoms with Gasteiger partial charge in [-0.3, -0.25) is 5.10 Å². The van der Waals surface area contributed by atoms with E-state index in [2.05, 4.69) is 15.2 Å². The highest BCUT2D eigenvalue weighted by molar-refractivity contribution is 6.40. The summed E-state index contributed by atoms with van der Waals surface area (Å²) in [4.78, 5) is 3.88. The van der Waals surface area contributed by atoms with E-state index in [-0.39, 0.29) is 12.6 Å². The molecule has 90 valence electrons. The first-order chi connectivity index (χ1) is 8.06. The number of anilines is 1. The second-order valence-electron chi connectivity index (χ2n) is 3.13. The summed E-state index contributed by atoms with van der Waals surface area (Å²) in [5, 5.41) is 7.36. The third kappa shape index (κ3) is 2.94. The molecule has 5 nitrogen and oxygen atoms in total. The third-order valence-electron chi connectivity index (χ3n) is 1.87. The first-order valence-corrected chi connectivity index (χ1v) is 5.63. The second kappa shape index (κ2) is 5.00. The summed E-state index contributed by atoms with van der Waals surface area (Å²) in [6, 6.07) is 3.08. The maximum Gasteiger partial charge on any atom is 0.239 e. The number of aromatic nitrogens is 3. The zero-order valence-corrected chi connectivity index (χ0v) is 10.6. The molecule has 2 rings (SSSR count). The number of H-pyrrole nitrogens is 1. The minimum absolute atomic E-state index is 0.130. The van der Waals surface area contributed by atoms with Crippen LogP contribution in [-0.4, -0.2) is 15.2 Å². The number of nitrogens with zero attached hydrogens (tertiary/aromatic N) is 2. The molecule has 3 N–H and O–H groups in total. The average molecular weight is 294 g/mol. The van der Waals surface area contributed by atoms with Crippen LogP contribution in [0.25, 0.3) is 0 Å². The lowest BCUT2D eigenvalue weighted by Crippen LogP contribution is -1.99. The molecule has 2 aromatic rings. The predicted octanol–water partition coefficient (Wildman–Crippen LogP) is 2.93. The number of nitrogens with two attached hydrogens (primary N) is 1. The summed E-state index contributed by atoms with van der Waals surface area (Å²) in [6.45, 7) is 0.130. The van der Waals surface area contributed by atoms with E-state index in [1.54, 1.807) is 12.1 Å². The summed E-state index contributed by atoms with van der Waals surface area (Å²) in [6.07, 6.45) is 0. The molecule has 0 atom stereocenters. The Balaban J connectivity index is 2.14. The molecule has 0 aliphatic rings. The third-order valence-corrected chi connectivity index (χ3v) is 2.65. The molecular weight excluding hydrogens is 286 g/mol. The van der Waals surface area contributed by atoms with Crippen LogP contribution in [0.1, 0.15) is 5.82 Å². The molecule has 0 spiro atoms. The Labute approximate surface area is 112 Å². The van der Waals surface area contributed by atoms with Crippen LogP contribution >= 0.6 is 34.8 Å². The molecule has 0 fully saturated rings. The number of hydrogen-bond donors (Lipinski definition) is 2. The van der Waals surface area contributed by atoms with Crippen LogP contribution in [0.15, 0.2) is 12.1 Å². The minimum atomic E-state index is 0.130. The molecule has 0 saturated heterocycles. The average Bonchev–Trinajstić information content (AvgIpc) is 2.62. The van der Waals surface area contributed by atoms with Crippen molar-refractivity contribution in [2.24, 2.45) is 0 Å². The van der Waals surface area contributed by atoms with E-state index in [0.717, 1.165) is 0 Å². The lowest BCUT2D eigenvalue weighted by atomic mass is 10.3. The molecular formula is C9H7Cl3N4O. The molecule has 1 heterocycles. The Hall–Kier alpha value is -1.17. The number of nitrogen functional groups attached to an aromatic ring is 1. The zero-order valence-electron chi connectivity index (χ0n) is 8.38. The van der Waals surface area contributed by atoms with E-state index in [4.69, 9.17) is 45.3 Å². The van der Waals surface area contributed by atoms with Crippen molar-refractivity contribution in [1.29, 1.82) is 0 Å². The smallest absolute Gasteiger partial charge is 0.239 e. The summed E-state index contributed by atoms with van der Waals surface area (Å²) in [5.41, 5.74) is 5.35. The van der Waals surface area contributed by atoms with E-state index < -0.39 is 0 Å². The molecule has 0 unspecified atom stereocenters. The van der Waals surface area contributed by atoms with Gasteiger partial charge >= 0.3 is 0 Å². The number of aromatic amines is 1. The van der Waals surface area contributed by atoms with E-state index in [1.807, 2.05) is 0 Å². The molecule has 0 aliphatic heterocycles. The number of rotatable bonds is 3. The Bertz CT molecular complexity index is 520. The highest BCUT2D eigenvalue weighted by Gasteiger charge is 2.10. The fraction of sp³-hybridized carbons (Fsp3) is 0.111. The first kappa shape index (κ1) is 12.3. The number of ether oxygens (including phenoxy) is 1. The highest BCUT2D eigenvalue weighted by Crippen LogP contribution is 2.36. The van der Waals surface area contributed by atoms with E-state index >= 15 is 0 Å². The van der Waals surface area contributed by atoms with Gasteiger partial charge in [-0.15, -0.1) is 5.10 Å². The summed E-state index contributed by atoms with van der Waals surface area (Å²) in [5.74, 6) is 0.967. The summed E-state index contributed by atoms with van der Waals surface area (Å²) < 4.78 is 5.41. The van der Waals surface area contributed by atoms with Gasteiger partial charge in [0.1, 0.15) is 6.61 Å². The number of nitrogens with one attached hydrogen (secondary N) is 1. The van der Waals surface area contributed by atoms with E-state index in [0.29, 0.717) is 26.6 Å². The van der Waals surface area contributed by atoms with Crippen LogP contribution in [0.5, 0.6) is 5.75 Å². The van der Waals surface area contributed by atoms with Gasteiger partial charge in [-0.05, 0) is 12.1 Å². The molecule has 0 radical (unpaired) electrons. The standard InChI is InChI=1S/C9H7Cl3N4O/c10-4-1-5(11)8(6(12)2-4)17-3-7-14-9(13)16-15-7/h1-2H,3H2,(H3,13,14,15,16). The van der Waals surface area contributed by atoms with Crippen molar-refractivity contribution in [3.63, 3.8) is 0 Å². The molecule has 1 aromatic heterocycles. The quantitative estimate of drug-likeness (QED) is 0.912. The second-order valence-corrected chi connectivity index (χ2v) is 4.38. The monoisotopic (exact) mass is 292 g/mol. The predicted molar refractivity (Wildman–Crippen MR) is 66.6 cm³/mol. The van der Waals surface area contributed by atoms with Crippen LogP contribution in [0.2, 0.25) is 15.1 Å². The van der Waals surface area contributed by atoms with Gasteiger partial charge in [-0.1, -0.05) is 34.8 Å². The molecule has 0 bridgehead atoms. The number of hydrogen-bond acceptors (Lipinski definition) is 4. The molecule has 8 heteroatoms. The molecule has 17 heavy (non-hydrogen) atoms. The van der Waals surface area contributed by atoms with Crippen molar-refractivity contribution < 1.29 is 4.74 Å². The largest absolute Gasteiger partial charge is 0.482 e. The van der Waals surface area contributed by atoms with Crippen LogP contribution < -0.4 is 10.5 Å². The Morgan fingerprint density at radius 3 is 2.41 bits per heavy atom. The van der Waals surface area contributed by atoms with Crippen LogP contribution in [0.4, 0.5) is 5.95 Å². The Morgan fingerprint density at radius 2 is 1.88 bits per heavy atom. The van der Waals surface area contributed by atoms with Gasteiger partial charge in [0.15, 0.2) is 11.6 Å². The SMILES string of the molecule is Nc1n[nH]c(COc2c(Cl)cc(Cl)cc2Cl)n1. The van der Waals surface area contributed by atoms with Gasteiger partial charge in [-0.25, -0.2) is 0 Å². The van der Waals surface area contributed by atoms with Gasteiger partial charge < -0.3 is 10.5 Å². The minimum Gasteiger partial charge on any atom is -0.482 e. The first-order valence-electron chi connectivity index (χ1n) is 4.50. The fourth-order valence-corrected chi connectivity index (χ4v) is 2.11. The van der Waals surface area contributed by atoms with E-state index in [9.17, 15) is 0 Å². The van der Waals surface area contributed by atoms with Crippen molar-refractivity contribution in [3.8, 4) is 5.75 Å². The molecule has 0 saturated carbocycles. The Morgan fingerprint density at radius 1 is 1.24 bits per heavy atom. The van der Waals surface area contributed by atoms with Crippen molar-refractivity contribution in [1.82, 2.24) is 15.2 Å². The van der Waals surface area contributed by atoms with Gasteiger partial charge in [-0.2, -0.15) is 4.98 Å². The van der Waals surface area contributed by atoms with Crippen LogP contribution in [-0.2, 0) is 6.61 Å². The molecule has 0 amide bonds. The fourth-order valence-electron chi connectivity index (χ4n) is 1.18. The van der Waals surface area contributed by atoms with Crippen molar-refractivity contribution >= 4 is 40.8 Å². The van der Waals surface area contributed by atoms with Gasteiger partial charge in [0.2, 0.25) is 5.95 Å². The van der Waals surface area contributed by atoms with Crippen molar-refractivity contribution in [2.45, 2.75) is 6.61 Å². The zero-order chi connectivity index (χ0) is 12.4. The Kier molecular flexibility index (Phi) is 3.61. The maximum atomic E-state index is 5.94. The van der Waals surface area contributed by atoms with Gasteiger partial charge in [0.25, 0.3) is 0 Å². The van der Waals surface area contributed by atoms with Crippen molar-refractivity contribution in [3.05, 3.63) is 33.0 Å². The lowest BCUT2D eigenvalue weighted by Gasteiger charge is -2.08. The van der Waals surface area contributed by atoms with E-state index in [1.165, 1.54) is 0 Å².